The Hall–Kier alpha value is -0.940. The van der Waals surface area contributed by atoms with Gasteiger partial charge in [0.15, 0.2) is 0 Å². The van der Waals surface area contributed by atoms with Gasteiger partial charge in [-0.05, 0) is 6.92 Å². The van der Waals surface area contributed by atoms with E-state index in [1.807, 2.05) is 6.92 Å². The first-order valence-corrected chi connectivity index (χ1v) is 5.40. The zero-order valence-corrected chi connectivity index (χ0v) is 8.94. The van der Waals surface area contributed by atoms with E-state index in [-0.39, 0.29) is 17.9 Å². The molecule has 2 fully saturated rings. The first-order valence-electron chi connectivity index (χ1n) is 5.40. The quantitative estimate of drug-likeness (QED) is 0.577. The van der Waals surface area contributed by atoms with Crippen LogP contribution in [0.5, 0.6) is 0 Å². The summed E-state index contributed by atoms with van der Waals surface area (Å²) in [6, 6.07) is -0.235. The van der Waals surface area contributed by atoms with Crippen molar-refractivity contribution in [1.82, 2.24) is 9.80 Å². The van der Waals surface area contributed by atoms with Crippen LogP contribution in [0.4, 0.5) is 0 Å². The summed E-state index contributed by atoms with van der Waals surface area (Å²) in [5.74, 6) is -0.0802. The molecule has 0 spiro atoms. The minimum absolute atomic E-state index is 0.0376. The Labute approximate surface area is 89.0 Å². The van der Waals surface area contributed by atoms with Crippen LogP contribution in [0.3, 0.4) is 0 Å². The molecule has 0 aromatic carbocycles. The van der Waals surface area contributed by atoms with Crippen molar-refractivity contribution in [1.29, 1.82) is 0 Å². The van der Waals surface area contributed by atoms with Gasteiger partial charge < -0.3 is 4.74 Å². The minimum atomic E-state index is -0.235. The molecule has 5 nitrogen and oxygen atoms in total. The average molecular weight is 212 g/mol. The molecule has 15 heavy (non-hydrogen) atoms. The SMILES string of the molecule is CCN1C(=O)CC(N2CCOCC2)C1=O. The van der Waals surface area contributed by atoms with Gasteiger partial charge in [-0.25, -0.2) is 0 Å². The fraction of sp³-hybridized carbons (Fsp3) is 0.800. The third-order valence-electron chi connectivity index (χ3n) is 3.02. The molecular weight excluding hydrogens is 196 g/mol. The van der Waals surface area contributed by atoms with Crippen LogP contribution in [0.25, 0.3) is 0 Å². The Morgan fingerprint density at radius 3 is 2.53 bits per heavy atom. The van der Waals surface area contributed by atoms with E-state index >= 15 is 0 Å². The maximum atomic E-state index is 11.9. The summed E-state index contributed by atoms with van der Waals surface area (Å²) < 4.78 is 5.22. The lowest BCUT2D eigenvalue weighted by Crippen LogP contribution is -2.47. The predicted octanol–water partition coefficient (Wildman–Crippen LogP) is -0.534. The van der Waals surface area contributed by atoms with Gasteiger partial charge in [-0.1, -0.05) is 0 Å². The Morgan fingerprint density at radius 1 is 1.33 bits per heavy atom. The number of amides is 2. The second-order valence-corrected chi connectivity index (χ2v) is 3.84. The monoisotopic (exact) mass is 212 g/mol. The van der Waals surface area contributed by atoms with Crippen LogP contribution < -0.4 is 0 Å². The van der Waals surface area contributed by atoms with Crippen molar-refractivity contribution < 1.29 is 14.3 Å². The summed E-state index contributed by atoms with van der Waals surface area (Å²) in [7, 11) is 0. The number of nitrogens with zero attached hydrogens (tertiary/aromatic N) is 2. The van der Waals surface area contributed by atoms with Crippen molar-refractivity contribution in [3.63, 3.8) is 0 Å². The Morgan fingerprint density at radius 2 is 2.00 bits per heavy atom. The maximum absolute atomic E-state index is 11.9. The lowest BCUT2D eigenvalue weighted by atomic mass is 10.2. The topological polar surface area (TPSA) is 49.9 Å². The summed E-state index contributed by atoms with van der Waals surface area (Å²) >= 11 is 0. The van der Waals surface area contributed by atoms with E-state index in [1.165, 1.54) is 4.90 Å². The number of morpholine rings is 1. The molecule has 0 radical (unpaired) electrons. The third kappa shape index (κ3) is 1.89. The van der Waals surface area contributed by atoms with Gasteiger partial charge in [0.2, 0.25) is 11.8 Å². The van der Waals surface area contributed by atoms with Crippen LogP contribution >= 0.6 is 0 Å². The number of likely N-dealkylation sites (tertiary alicyclic amines) is 1. The van der Waals surface area contributed by atoms with Gasteiger partial charge in [-0.2, -0.15) is 0 Å². The van der Waals surface area contributed by atoms with E-state index in [9.17, 15) is 9.59 Å². The van der Waals surface area contributed by atoms with Crippen molar-refractivity contribution in [2.24, 2.45) is 0 Å². The molecule has 0 bridgehead atoms. The standard InChI is InChI=1S/C10H16N2O3/c1-2-12-9(13)7-8(10(12)14)11-3-5-15-6-4-11/h8H,2-7H2,1H3. The second kappa shape index (κ2) is 4.28. The number of carbonyl (C=O) groups excluding carboxylic acids is 2. The molecule has 1 atom stereocenters. The normalized spacial score (nSPS) is 28.9. The Balaban J connectivity index is 2.04. The molecule has 2 aliphatic heterocycles. The zero-order chi connectivity index (χ0) is 10.8. The van der Waals surface area contributed by atoms with Gasteiger partial charge >= 0.3 is 0 Å². The molecule has 2 aliphatic rings. The molecule has 2 amide bonds. The lowest BCUT2D eigenvalue weighted by Gasteiger charge is -2.30. The summed E-state index contributed by atoms with van der Waals surface area (Å²) in [6.45, 7) is 5.13. The minimum Gasteiger partial charge on any atom is -0.379 e. The van der Waals surface area contributed by atoms with E-state index in [1.54, 1.807) is 0 Å². The highest BCUT2D eigenvalue weighted by Crippen LogP contribution is 2.19. The van der Waals surface area contributed by atoms with Crippen LogP contribution in [-0.4, -0.2) is 60.5 Å². The van der Waals surface area contributed by atoms with Gasteiger partial charge in [0.25, 0.3) is 0 Å². The molecule has 2 saturated heterocycles. The maximum Gasteiger partial charge on any atom is 0.247 e. The molecule has 2 rings (SSSR count). The zero-order valence-electron chi connectivity index (χ0n) is 8.94. The molecule has 1 unspecified atom stereocenters. The summed E-state index contributed by atoms with van der Waals surface area (Å²) in [6.07, 6.45) is 0.340. The lowest BCUT2D eigenvalue weighted by molar-refractivity contribution is -0.139. The molecule has 0 N–H and O–H groups in total. The van der Waals surface area contributed by atoms with E-state index in [0.29, 0.717) is 26.2 Å². The second-order valence-electron chi connectivity index (χ2n) is 3.84. The number of likely N-dealkylation sites (N-methyl/N-ethyl adjacent to an activating group) is 1. The van der Waals surface area contributed by atoms with Gasteiger partial charge in [-0.3, -0.25) is 19.4 Å². The summed E-state index contributed by atoms with van der Waals surface area (Å²) in [5, 5.41) is 0. The van der Waals surface area contributed by atoms with Crippen LogP contribution in [0.1, 0.15) is 13.3 Å². The van der Waals surface area contributed by atoms with Crippen molar-refractivity contribution in [3.8, 4) is 0 Å². The number of hydrogen-bond acceptors (Lipinski definition) is 4. The number of imide groups is 1. The molecule has 5 heteroatoms. The molecule has 84 valence electrons. The van der Waals surface area contributed by atoms with Crippen LogP contribution in [0.2, 0.25) is 0 Å². The van der Waals surface area contributed by atoms with Crippen LogP contribution in [0, 0.1) is 0 Å². The van der Waals surface area contributed by atoms with Crippen molar-refractivity contribution in [3.05, 3.63) is 0 Å². The number of rotatable bonds is 2. The number of hydrogen-bond donors (Lipinski definition) is 0. The van der Waals surface area contributed by atoms with Gasteiger partial charge in [-0.15, -0.1) is 0 Å². The molecular formula is C10H16N2O3. The molecule has 0 aromatic rings. The van der Waals surface area contributed by atoms with Gasteiger partial charge in [0.1, 0.15) is 0 Å². The van der Waals surface area contributed by atoms with E-state index in [2.05, 4.69) is 4.90 Å². The van der Waals surface area contributed by atoms with Crippen molar-refractivity contribution in [2.45, 2.75) is 19.4 Å². The fourth-order valence-electron chi connectivity index (χ4n) is 2.17. The highest BCUT2D eigenvalue weighted by atomic mass is 16.5. The van der Waals surface area contributed by atoms with E-state index < -0.39 is 0 Å². The Kier molecular flexibility index (Phi) is 3.02. The average Bonchev–Trinajstić information content (AvgIpc) is 2.55. The van der Waals surface area contributed by atoms with Crippen molar-refractivity contribution >= 4 is 11.8 Å². The summed E-state index contributed by atoms with van der Waals surface area (Å²) in [5.41, 5.74) is 0. The largest absolute Gasteiger partial charge is 0.379 e. The number of carbonyl (C=O) groups is 2. The van der Waals surface area contributed by atoms with E-state index in [0.717, 1.165) is 13.1 Å². The molecule has 0 saturated carbocycles. The van der Waals surface area contributed by atoms with Gasteiger partial charge in [0, 0.05) is 19.6 Å². The van der Waals surface area contributed by atoms with E-state index in [4.69, 9.17) is 4.74 Å². The third-order valence-corrected chi connectivity index (χ3v) is 3.02. The fourth-order valence-corrected chi connectivity index (χ4v) is 2.17. The highest BCUT2D eigenvalue weighted by Gasteiger charge is 2.41. The molecule has 0 aliphatic carbocycles. The van der Waals surface area contributed by atoms with Crippen molar-refractivity contribution in [2.75, 3.05) is 32.8 Å². The number of ether oxygens (including phenoxy) is 1. The Bertz CT molecular complexity index is 274. The van der Waals surface area contributed by atoms with Gasteiger partial charge in [0.05, 0.1) is 25.7 Å². The predicted molar refractivity (Wildman–Crippen MR) is 53.2 cm³/mol. The molecule has 2 heterocycles. The molecule has 0 aromatic heterocycles. The first-order chi connectivity index (χ1) is 7.24. The van der Waals surface area contributed by atoms with Crippen LogP contribution in [-0.2, 0) is 14.3 Å². The highest BCUT2D eigenvalue weighted by molar-refractivity contribution is 6.05. The smallest absolute Gasteiger partial charge is 0.247 e. The summed E-state index contributed by atoms with van der Waals surface area (Å²) in [4.78, 5) is 26.8. The van der Waals surface area contributed by atoms with Crippen LogP contribution in [0.15, 0.2) is 0 Å². The first kappa shape index (κ1) is 10.6.